The molecular formula is C32H88O9. The summed E-state index contributed by atoms with van der Waals surface area (Å²) in [7, 11) is 1.41. The molecule has 0 aliphatic rings. The Morgan fingerprint density at radius 1 is 0.537 bits per heavy atom. The number of carbonyl (C=O) groups excluding carboxylic acids is 4. The summed E-state index contributed by atoms with van der Waals surface area (Å²) in [5.41, 5.74) is 0. The molecule has 270 valence electrons. The van der Waals surface area contributed by atoms with Gasteiger partial charge in [0.1, 0.15) is 13.2 Å². The smallest absolute Gasteiger partial charge is 0.344 e. The summed E-state index contributed by atoms with van der Waals surface area (Å²) in [4.78, 5) is 44.7. The largest absolute Gasteiger partial charge is 0.462 e. The van der Waals surface area contributed by atoms with Gasteiger partial charge in [0.25, 0.3) is 0 Å². The molecule has 9 heteroatoms. The molecule has 0 saturated heterocycles. The SMILES string of the molecule is C.C.C.C.C.C.C.C.C.C.C.C.C.C.C.COCC(=O)OCCOCCCCCC(=O)OCC(=O)OC(C)C(C)=O. The minimum atomic E-state index is -0.843. The summed E-state index contributed by atoms with van der Waals surface area (Å²) in [5.74, 6) is -1.96. The lowest BCUT2D eigenvalue weighted by molar-refractivity contribution is -0.163. The molecule has 1 unspecified atom stereocenters. The van der Waals surface area contributed by atoms with Gasteiger partial charge in [0.15, 0.2) is 18.5 Å². The zero-order valence-corrected chi connectivity index (χ0v) is 15.6. The van der Waals surface area contributed by atoms with Crippen LogP contribution in [0.2, 0.25) is 0 Å². The van der Waals surface area contributed by atoms with Crippen LogP contribution in [0.3, 0.4) is 0 Å². The van der Waals surface area contributed by atoms with Crippen molar-refractivity contribution in [2.45, 2.75) is 157 Å². The van der Waals surface area contributed by atoms with E-state index in [2.05, 4.69) is 4.74 Å². The van der Waals surface area contributed by atoms with Gasteiger partial charge in [-0.3, -0.25) is 9.59 Å². The number of hydrogen-bond donors (Lipinski definition) is 0. The number of ether oxygens (including phenoxy) is 5. The maximum Gasteiger partial charge on any atom is 0.344 e. The van der Waals surface area contributed by atoms with E-state index in [4.69, 9.17) is 18.9 Å². The zero-order chi connectivity index (χ0) is 19.8. The molecule has 0 amide bonds. The van der Waals surface area contributed by atoms with Crippen molar-refractivity contribution in [1.82, 2.24) is 0 Å². The lowest BCUT2D eigenvalue weighted by Crippen LogP contribution is -2.25. The Bertz CT molecular complexity index is 454. The molecule has 0 aromatic rings. The van der Waals surface area contributed by atoms with E-state index in [9.17, 15) is 19.2 Å². The van der Waals surface area contributed by atoms with E-state index < -0.39 is 30.6 Å². The summed E-state index contributed by atoms with van der Waals surface area (Å²) in [6.07, 6.45) is 1.44. The normalized spacial score (nSPS) is 7.29. The fourth-order valence-electron chi connectivity index (χ4n) is 1.65. The zero-order valence-electron chi connectivity index (χ0n) is 15.6. The van der Waals surface area contributed by atoms with Gasteiger partial charge in [-0.2, -0.15) is 0 Å². The maximum absolute atomic E-state index is 11.5. The minimum absolute atomic E-state index is 0. The molecule has 0 heterocycles. The second kappa shape index (κ2) is 71.4. The number of unbranched alkanes of at least 4 members (excludes halogenated alkanes) is 2. The van der Waals surface area contributed by atoms with E-state index in [1.165, 1.54) is 21.0 Å². The van der Waals surface area contributed by atoms with E-state index in [0.29, 0.717) is 19.6 Å². The molecule has 1 atom stereocenters. The van der Waals surface area contributed by atoms with Gasteiger partial charge in [0.2, 0.25) is 0 Å². The molecule has 0 aromatic heterocycles. The number of hydrogen-bond acceptors (Lipinski definition) is 9. The van der Waals surface area contributed by atoms with E-state index in [1.54, 1.807) is 0 Å². The van der Waals surface area contributed by atoms with Gasteiger partial charge in [-0.05, 0) is 26.7 Å². The Hall–Kier alpha value is -2.00. The Balaban J connectivity index is -0.0000000298. The number of Topliss-reactive ketones (excluding diaryl/α,β-unsaturated/α-hetero) is 1. The van der Waals surface area contributed by atoms with E-state index in [-0.39, 0.29) is 137 Å². The molecule has 0 rings (SSSR count). The highest BCUT2D eigenvalue weighted by atomic mass is 16.6. The summed E-state index contributed by atoms with van der Waals surface area (Å²) < 4.78 is 24.2. The average Bonchev–Trinajstić information content (AvgIpc) is 2.58. The third-order valence-corrected chi connectivity index (χ3v) is 3.15. The van der Waals surface area contributed by atoms with Gasteiger partial charge in [0.05, 0.1) is 6.61 Å². The fourth-order valence-corrected chi connectivity index (χ4v) is 1.65. The van der Waals surface area contributed by atoms with E-state index in [1.807, 2.05) is 0 Å². The Labute approximate surface area is 263 Å². The van der Waals surface area contributed by atoms with Crippen LogP contribution in [0.25, 0.3) is 0 Å². The van der Waals surface area contributed by atoms with Crippen LogP contribution in [-0.4, -0.2) is 69.9 Å². The predicted octanol–water partition coefficient (Wildman–Crippen LogP) is 10.4. The molecule has 0 aliphatic carbocycles. The van der Waals surface area contributed by atoms with Gasteiger partial charge in [-0.15, -0.1) is 0 Å². The highest BCUT2D eigenvalue weighted by Gasteiger charge is 2.15. The van der Waals surface area contributed by atoms with Gasteiger partial charge in [-0.1, -0.05) is 118 Å². The highest BCUT2D eigenvalue weighted by Crippen LogP contribution is 2.02. The molecule has 41 heavy (non-hydrogen) atoms. The van der Waals surface area contributed by atoms with Crippen LogP contribution in [0.1, 0.15) is 151 Å². The van der Waals surface area contributed by atoms with Crippen molar-refractivity contribution in [3.63, 3.8) is 0 Å². The van der Waals surface area contributed by atoms with Crippen molar-refractivity contribution < 1.29 is 42.9 Å². The maximum atomic E-state index is 11.5. The Kier molecular flexibility index (Phi) is 185. The standard InChI is InChI=1S/C17H28O9.15CH4/c1-13(18)14(2)26-17(21)12-25-15(19)7-5-4-6-8-23-9-10-24-16(20)11-22-3;;;;;;;;;;;;;;;/h14H,4-12H2,1-3H3;15*1H4. The summed E-state index contributed by atoms with van der Waals surface area (Å²) in [5, 5.41) is 0. The first kappa shape index (κ1) is 106. The van der Waals surface area contributed by atoms with Crippen molar-refractivity contribution in [2.24, 2.45) is 0 Å². The van der Waals surface area contributed by atoms with Crippen LogP contribution < -0.4 is 0 Å². The van der Waals surface area contributed by atoms with Crippen LogP contribution in [0.5, 0.6) is 0 Å². The monoisotopic (exact) mass is 617 g/mol. The first-order chi connectivity index (χ1) is 12.4. The van der Waals surface area contributed by atoms with Crippen molar-refractivity contribution >= 4 is 23.7 Å². The van der Waals surface area contributed by atoms with Gasteiger partial charge >= 0.3 is 17.9 Å². The third-order valence-electron chi connectivity index (χ3n) is 3.15. The molecule has 0 fully saturated rings. The number of esters is 3. The predicted molar refractivity (Wildman–Crippen MR) is 190 cm³/mol. The molecule has 0 bridgehead atoms. The Morgan fingerprint density at radius 3 is 1.41 bits per heavy atom. The molecule has 0 saturated carbocycles. The first-order valence-corrected chi connectivity index (χ1v) is 8.44. The van der Waals surface area contributed by atoms with Crippen molar-refractivity contribution in [3.05, 3.63) is 0 Å². The van der Waals surface area contributed by atoms with Gasteiger partial charge in [0, 0.05) is 20.1 Å². The van der Waals surface area contributed by atoms with Crippen molar-refractivity contribution in [2.75, 3.05) is 40.1 Å². The Morgan fingerprint density at radius 2 is 1.00 bits per heavy atom. The van der Waals surface area contributed by atoms with Crippen molar-refractivity contribution in [1.29, 1.82) is 0 Å². The lowest BCUT2D eigenvalue weighted by Gasteiger charge is -2.10. The minimum Gasteiger partial charge on any atom is -0.462 e. The summed E-state index contributed by atoms with van der Waals surface area (Å²) in [6.45, 7) is 3.15. The third kappa shape index (κ3) is 72.9. The molecule has 0 aliphatic heterocycles. The molecule has 9 nitrogen and oxygen atoms in total. The van der Waals surface area contributed by atoms with Crippen LogP contribution in [0.4, 0.5) is 0 Å². The molecule has 0 N–H and O–H groups in total. The molecule has 0 radical (unpaired) electrons. The van der Waals surface area contributed by atoms with Gasteiger partial charge in [-0.25, -0.2) is 9.59 Å². The van der Waals surface area contributed by atoms with E-state index >= 15 is 0 Å². The van der Waals surface area contributed by atoms with Crippen LogP contribution in [-0.2, 0) is 42.9 Å². The van der Waals surface area contributed by atoms with Gasteiger partial charge < -0.3 is 23.7 Å². The second-order valence-electron chi connectivity index (χ2n) is 5.48. The van der Waals surface area contributed by atoms with Crippen LogP contribution in [0.15, 0.2) is 0 Å². The topological polar surface area (TPSA) is 114 Å². The summed E-state index contributed by atoms with van der Waals surface area (Å²) in [6, 6.07) is 0. The quantitative estimate of drug-likeness (QED) is 0.101. The lowest BCUT2D eigenvalue weighted by atomic mass is 10.2. The highest BCUT2D eigenvalue weighted by molar-refractivity contribution is 5.84. The second-order valence-corrected chi connectivity index (χ2v) is 5.48. The van der Waals surface area contributed by atoms with Crippen molar-refractivity contribution in [3.8, 4) is 0 Å². The summed E-state index contributed by atoms with van der Waals surface area (Å²) >= 11 is 0. The number of methoxy groups -OCH3 is 1. The average molecular weight is 617 g/mol. The first-order valence-electron chi connectivity index (χ1n) is 8.44. The number of carbonyl (C=O) groups is 4. The van der Waals surface area contributed by atoms with E-state index in [0.717, 1.165) is 12.8 Å². The van der Waals surface area contributed by atoms with Crippen LogP contribution >= 0.6 is 0 Å². The molecule has 0 aromatic carbocycles. The fraction of sp³-hybridized carbons (Fsp3) is 0.875. The number of ketones is 1. The molecule has 0 spiro atoms. The van der Waals surface area contributed by atoms with Crippen LogP contribution in [0, 0.1) is 0 Å². The number of rotatable bonds is 15. The molecular weight excluding hydrogens is 528 g/mol.